The molecule has 1 heterocycles. The molecule has 0 bridgehead atoms. The standard InChI is InChI=1S/C8H17N2.CH3.Y/c1-8(2,3)10-6-4-9-5-7-10;;/h4-7H2,1-3H3;1H3;/q2*-1;. The number of hydrogen-bond acceptors (Lipinski definition) is 1. The second-order valence-electron chi connectivity index (χ2n) is 3.83. The van der Waals surface area contributed by atoms with Gasteiger partial charge in [-0.3, -0.25) is 0 Å². The van der Waals surface area contributed by atoms with Crippen molar-refractivity contribution < 1.29 is 32.7 Å². The van der Waals surface area contributed by atoms with Gasteiger partial charge in [-0.1, -0.05) is 0 Å². The molecule has 0 unspecified atom stereocenters. The summed E-state index contributed by atoms with van der Waals surface area (Å²) in [6.07, 6.45) is 0. The van der Waals surface area contributed by atoms with Crippen LogP contribution in [0, 0.1) is 7.43 Å². The fourth-order valence-corrected chi connectivity index (χ4v) is 1.28. The van der Waals surface area contributed by atoms with E-state index in [0.29, 0.717) is 5.54 Å². The van der Waals surface area contributed by atoms with E-state index < -0.39 is 0 Å². The Balaban J connectivity index is 0. The number of hydrogen-bond donors (Lipinski definition) is 0. The summed E-state index contributed by atoms with van der Waals surface area (Å²) in [5, 5.41) is 4.30. The summed E-state index contributed by atoms with van der Waals surface area (Å²) in [5.74, 6) is 0. The van der Waals surface area contributed by atoms with Gasteiger partial charge in [-0.05, 0) is 33.9 Å². The van der Waals surface area contributed by atoms with E-state index in [0.717, 1.165) is 26.2 Å². The van der Waals surface area contributed by atoms with Gasteiger partial charge in [0, 0.05) is 38.2 Å². The van der Waals surface area contributed by atoms with E-state index in [1.54, 1.807) is 0 Å². The predicted molar refractivity (Wildman–Crippen MR) is 50.8 cm³/mol. The molecule has 0 amide bonds. The Kier molecular flexibility index (Phi) is 8.36. The zero-order valence-corrected chi connectivity index (χ0v) is 11.6. The van der Waals surface area contributed by atoms with Crippen molar-refractivity contribution in [1.29, 1.82) is 0 Å². The second-order valence-corrected chi connectivity index (χ2v) is 3.83. The van der Waals surface area contributed by atoms with Crippen molar-refractivity contribution in [2.45, 2.75) is 26.3 Å². The molecular formula is C9H20N2Y-2. The van der Waals surface area contributed by atoms with Crippen LogP contribution in [0.25, 0.3) is 5.32 Å². The molecule has 2 nitrogen and oxygen atoms in total. The van der Waals surface area contributed by atoms with Gasteiger partial charge in [-0.2, -0.15) is 0 Å². The van der Waals surface area contributed by atoms with Gasteiger partial charge >= 0.3 is 0 Å². The number of nitrogens with zero attached hydrogens (tertiary/aromatic N) is 2. The molecule has 3 heteroatoms. The molecule has 0 saturated carbocycles. The predicted octanol–water partition coefficient (Wildman–Crippen LogP) is 1.92. The third-order valence-corrected chi connectivity index (χ3v) is 2.00. The topological polar surface area (TPSA) is 17.3 Å². The van der Waals surface area contributed by atoms with Gasteiger partial charge < -0.3 is 17.6 Å². The van der Waals surface area contributed by atoms with E-state index in [-0.39, 0.29) is 40.1 Å². The summed E-state index contributed by atoms with van der Waals surface area (Å²) < 4.78 is 0. The molecule has 0 aromatic rings. The zero-order chi connectivity index (χ0) is 7.61. The maximum Gasteiger partial charge on any atom is 0.0123 e. The average Bonchev–Trinajstić information content (AvgIpc) is 1.88. The summed E-state index contributed by atoms with van der Waals surface area (Å²) >= 11 is 0. The van der Waals surface area contributed by atoms with Crippen LogP contribution in [0.1, 0.15) is 20.8 Å². The molecule has 0 aromatic heterocycles. The SMILES string of the molecule is CC(C)(C)N1CC[N-]CC1.[CH3-].[Y]. The Labute approximate surface area is 102 Å². The van der Waals surface area contributed by atoms with Crippen LogP contribution < -0.4 is 0 Å². The molecule has 71 valence electrons. The smallest absolute Gasteiger partial charge is 0.0123 e. The quantitative estimate of drug-likeness (QED) is 0.596. The van der Waals surface area contributed by atoms with Crippen LogP contribution >= 0.6 is 0 Å². The first-order valence-corrected chi connectivity index (χ1v) is 3.99. The molecule has 0 aromatic carbocycles. The van der Waals surface area contributed by atoms with Crippen LogP contribution in [0.2, 0.25) is 0 Å². The van der Waals surface area contributed by atoms with Crippen molar-refractivity contribution in [3.63, 3.8) is 0 Å². The van der Waals surface area contributed by atoms with Crippen LogP contribution in [-0.4, -0.2) is 36.6 Å². The van der Waals surface area contributed by atoms with Gasteiger partial charge in [0.15, 0.2) is 0 Å². The second kappa shape index (κ2) is 6.47. The zero-order valence-electron chi connectivity index (χ0n) is 8.80. The molecule has 12 heavy (non-hydrogen) atoms. The number of rotatable bonds is 0. The van der Waals surface area contributed by atoms with E-state index in [2.05, 4.69) is 31.0 Å². The third-order valence-electron chi connectivity index (χ3n) is 2.00. The van der Waals surface area contributed by atoms with Crippen LogP contribution in [-0.2, 0) is 32.7 Å². The largest absolute Gasteiger partial charge is 0.660 e. The minimum atomic E-state index is 0. The molecule has 1 fully saturated rings. The van der Waals surface area contributed by atoms with Crippen molar-refractivity contribution in [3.05, 3.63) is 12.7 Å². The van der Waals surface area contributed by atoms with Gasteiger partial charge in [-0.15, -0.1) is 13.1 Å². The van der Waals surface area contributed by atoms with E-state index in [1.807, 2.05) is 0 Å². The third kappa shape index (κ3) is 4.91. The molecule has 1 radical (unpaired) electrons. The molecule has 1 aliphatic heterocycles. The van der Waals surface area contributed by atoms with Gasteiger partial charge in [0.05, 0.1) is 0 Å². The fourth-order valence-electron chi connectivity index (χ4n) is 1.28. The first-order chi connectivity index (χ1) is 4.61. The van der Waals surface area contributed by atoms with Crippen molar-refractivity contribution in [3.8, 4) is 0 Å². The van der Waals surface area contributed by atoms with E-state index in [9.17, 15) is 0 Å². The fraction of sp³-hybridized carbons (Fsp3) is 0.889. The molecule has 1 saturated heterocycles. The Hall–Kier alpha value is 1.02. The molecule has 1 rings (SSSR count). The normalized spacial score (nSPS) is 19.2. The minimum Gasteiger partial charge on any atom is -0.660 e. The summed E-state index contributed by atoms with van der Waals surface area (Å²) in [7, 11) is 0. The van der Waals surface area contributed by atoms with Crippen molar-refractivity contribution >= 4 is 0 Å². The van der Waals surface area contributed by atoms with Crippen molar-refractivity contribution in [1.82, 2.24) is 4.90 Å². The average molecular weight is 245 g/mol. The number of piperazine rings is 1. The molecule has 0 spiro atoms. The molecule has 1 aliphatic rings. The monoisotopic (exact) mass is 245 g/mol. The van der Waals surface area contributed by atoms with Crippen LogP contribution in [0.3, 0.4) is 0 Å². The van der Waals surface area contributed by atoms with Gasteiger partial charge in [-0.25, -0.2) is 0 Å². The molecule has 0 atom stereocenters. The Morgan fingerprint density at radius 2 is 1.50 bits per heavy atom. The summed E-state index contributed by atoms with van der Waals surface area (Å²) in [6, 6.07) is 0. The summed E-state index contributed by atoms with van der Waals surface area (Å²) in [6.45, 7) is 11.1. The van der Waals surface area contributed by atoms with Crippen LogP contribution in [0.15, 0.2) is 0 Å². The minimum absolute atomic E-state index is 0. The van der Waals surface area contributed by atoms with E-state index >= 15 is 0 Å². The maximum atomic E-state index is 4.30. The maximum absolute atomic E-state index is 4.30. The van der Waals surface area contributed by atoms with Gasteiger partial charge in [0.2, 0.25) is 0 Å². The molecular weight excluding hydrogens is 225 g/mol. The Morgan fingerprint density at radius 1 is 1.08 bits per heavy atom. The van der Waals surface area contributed by atoms with Gasteiger partial charge in [0.25, 0.3) is 0 Å². The van der Waals surface area contributed by atoms with Crippen LogP contribution in [0.4, 0.5) is 0 Å². The van der Waals surface area contributed by atoms with Crippen molar-refractivity contribution in [2.24, 2.45) is 0 Å². The Morgan fingerprint density at radius 3 is 1.75 bits per heavy atom. The Bertz CT molecular complexity index is 104. The first kappa shape index (κ1) is 15.5. The summed E-state index contributed by atoms with van der Waals surface area (Å²) in [5.41, 5.74) is 0.343. The van der Waals surface area contributed by atoms with Gasteiger partial charge in [0.1, 0.15) is 0 Å². The van der Waals surface area contributed by atoms with E-state index in [1.165, 1.54) is 0 Å². The first-order valence-electron chi connectivity index (χ1n) is 3.99. The summed E-state index contributed by atoms with van der Waals surface area (Å²) in [4.78, 5) is 2.49. The molecule has 0 N–H and O–H groups in total. The van der Waals surface area contributed by atoms with E-state index in [4.69, 9.17) is 0 Å². The molecule has 0 aliphatic carbocycles. The van der Waals surface area contributed by atoms with Crippen LogP contribution in [0.5, 0.6) is 0 Å². The van der Waals surface area contributed by atoms with Crippen molar-refractivity contribution in [2.75, 3.05) is 26.2 Å².